The molecule has 0 bridgehead atoms. The number of rotatable bonds is 4. The van der Waals surface area contributed by atoms with Crippen LogP contribution in [0, 0.1) is 5.82 Å². The van der Waals surface area contributed by atoms with Crippen LogP contribution in [0.25, 0.3) is 0 Å². The number of Topliss-reactive ketones (excluding diaryl/α,β-unsaturated/α-hetero) is 1. The maximum absolute atomic E-state index is 13.2. The third kappa shape index (κ3) is 3.27. The van der Waals surface area contributed by atoms with Crippen LogP contribution < -0.4 is 4.74 Å². The highest BCUT2D eigenvalue weighted by Crippen LogP contribution is 2.23. The molecule has 0 atom stereocenters. The summed E-state index contributed by atoms with van der Waals surface area (Å²) in [6, 6.07) is 3.54. The lowest BCUT2D eigenvalue weighted by atomic mass is 10.1. The van der Waals surface area contributed by atoms with Crippen molar-refractivity contribution in [1.82, 2.24) is 0 Å². The molecular weight excluding hydrogens is 209 g/mol. The predicted octanol–water partition coefficient (Wildman–Crippen LogP) is 2.56. The topological polar surface area (TPSA) is 26.3 Å². The van der Waals surface area contributed by atoms with Crippen LogP contribution in [-0.4, -0.2) is 12.4 Å². The standard InChI is InChI=1S/C10H9F3O2/c1-6(14)5-7-8(11)3-2-4-9(7)15-10(12)13/h2-4,10H,5H2,1H3. The van der Waals surface area contributed by atoms with Crippen LogP contribution in [0.4, 0.5) is 13.2 Å². The molecule has 0 aliphatic carbocycles. The lowest BCUT2D eigenvalue weighted by molar-refractivity contribution is -0.116. The van der Waals surface area contributed by atoms with Gasteiger partial charge in [-0.05, 0) is 19.1 Å². The summed E-state index contributed by atoms with van der Waals surface area (Å²) in [5.41, 5.74) is -0.134. The molecule has 2 nitrogen and oxygen atoms in total. The number of hydrogen-bond donors (Lipinski definition) is 0. The van der Waals surface area contributed by atoms with E-state index < -0.39 is 12.4 Å². The number of ketones is 1. The lowest BCUT2D eigenvalue weighted by Gasteiger charge is -2.09. The minimum absolute atomic E-state index is 0.134. The third-order valence-corrected chi connectivity index (χ3v) is 1.72. The number of alkyl halides is 2. The van der Waals surface area contributed by atoms with Gasteiger partial charge in [0.15, 0.2) is 0 Å². The quantitative estimate of drug-likeness (QED) is 0.776. The fourth-order valence-corrected chi connectivity index (χ4v) is 1.17. The van der Waals surface area contributed by atoms with Gasteiger partial charge in [-0.1, -0.05) is 6.07 Å². The van der Waals surface area contributed by atoms with Gasteiger partial charge in [-0.2, -0.15) is 8.78 Å². The van der Waals surface area contributed by atoms with E-state index in [1.807, 2.05) is 0 Å². The maximum atomic E-state index is 13.2. The van der Waals surface area contributed by atoms with Crippen molar-refractivity contribution in [2.45, 2.75) is 20.0 Å². The van der Waals surface area contributed by atoms with Crippen LogP contribution in [-0.2, 0) is 11.2 Å². The second-order valence-electron chi connectivity index (χ2n) is 2.97. The molecule has 0 radical (unpaired) electrons. The van der Waals surface area contributed by atoms with Crippen molar-refractivity contribution < 1.29 is 22.7 Å². The van der Waals surface area contributed by atoms with Crippen LogP contribution in [0.5, 0.6) is 5.75 Å². The molecule has 15 heavy (non-hydrogen) atoms. The number of halogens is 3. The zero-order chi connectivity index (χ0) is 11.4. The Bertz CT molecular complexity index is 364. The Morgan fingerprint density at radius 3 is 2.67 bits per heavy atom. The zero-order valence-electron chi connectivity index (χ0n) is 7.97. The second kappa shape index (κ2) is 4.82. The molecule has 82 valence electrons. The fraction of sp³-hybridized carbons (Fsp3) is 0.300. The van der Waals surface area contributed by atoms with E-state index in [-0.39, 0.29) is 23.5 Å². The van der Waals surface area contributed by atoms with Crippen molar-refractivity contribution in [3.05, 3.63) is 29.6 Å². The van der Waals surface area contributed by atoms with E-state index in [1.54, 1.807) is 0 Å². The summed E-state index contributed by atoms with van der Waals surface area (Å²) in [6.07, 6.45) is -0.255. The summed E-state index contributed by atoms with van der Waals surface area (Å²) in [7, 11) is 0. The van der Waals surface area contributed by atoms with Gasteiger partial charge in [0, 0.05) is 12.0 Å². The average Bonchev–Trinajstić information content (AvgIpc) is 2.09. The molecule has 1 aromatic carbocycles. The van der Waals surface area contributed by atoms with Gasteiger partial charge in [0.05, 0.1) is 0 Å². The van der Waals surface area contributed by atoms with Gasteiger partial charge in [0.2, 0.25) is 0 Å². The Balaban J connectivity index is 3.02. The Morgan fingerprint density at radius 1 is 1.47 bits per heavy atom. The van der Waals surface area contributed by atoms with Crippen LogP contribution in [0.3, 0.4) is 0 Å². The maximum Gasteiger partial charge on any atom is 0.387 e. The fourth-order valence-electron chi connectivity index (χ4n) is 1.17. The summed E-state index contributed by atoms with van der Waals surface area (Å²) in [4.78, 5) is 10.8. The monoisotopic (exact) mass is 218 g/mol. The third-order valence-electron chi connectivity index (χ3n) is 1.72. The Morgan fingerprint density at radius 2 is 2.13 bits per heavy atom. The summed E-state index contributed by atoms with van der Waals surface area (Å²) >= 11 is 0. The molecule has 0 saturated carbocycles. The van der Waals surface area contributed by atoms with Gasteiger partial charge in [-0.15, -0.1) is 0 Å². The van der Waals surface area contributed by atoms with Crippen LogP contribution in [0.2, 0.25) is 0 Å². The average molecular weight is 218 g/mol. The largest absolute Gasteiger partial charge is 0.434 e. The van der Waals surface area contributed by atoms with Crippen molar-refractivity contribution in [1.29, 1.82) is 0 Å². The van der Waals surface area contributed by atoms with Crippen molar-refractivity contribution >= 4 is 5.78 Å². The van der Waals surface area contributed by atoms with E-state index in [4.69, 9.17) is 0 Å². The highest BCUT2D eigenvalue weighted by molar-refractivity contribution is 5.79. The molecule has 0 aliphatic heterocycles. The van der Waals surface area contributed by atoms with Gasteiger partial charge < -0.3 is 4.74 Å². The van der Waals surface area contributed by atoms with Crippen LogP contribution in [0.1, 0.15) is 12.5 Å². The van der Waals surface area contributed by atoms with E-state index in [0.717, 1.165) is 6.07 Å². The van der Waals surface area contributed by atoms with Crippen molar-refractivity contribution in [2.24, 2.45) is 0 Å². The molecule has 0 aromatic heterocycles. The Labute approximate surface area is 84.7 Å². The van der Waals surface area contributed by atoms with Crippen molar-refractivity contribution in [3.63, 3.8) is 0 Å². The zero-order valence-corrected chi connectivity index (χ0v) is 7.97. The molecule has 5 heteroatoms. The SMILES string of the molecule is CC(=O)Cc1c(F)cccc1OC(F)F. The summed E-state index contributed by atoms with van der Waals surface area (Å²) in [5, 5.41) is 0. The first-order valence-corrected chi connectivity index (χ1v) is 4.22. The number of benzene rings is 1. The molecule has 0 heterocycles. The van der Waals surface area contributed by atoms with E-state index in [0.29, 0.717) is 0 Å². The van der Waals surface area contributed by atoms with Gasteiger partial charge in [0.1, 0.15) is 17.3 Å². The molecule has 0 fully saturated rings. The Hall–Kier alpha value is -1.52. The van der Waals surface area contributed by atoms with Crippen molar-refractivity contribution in [3.8, 4) is 5.75 Å². The predicted molar refractivity (Wildman–Crippen MR) is 47.4 cm³/mol. The molecule has 1 rings (SSSR count). The summed E-state index contributed by atoms with van der Waals surface area (Å²) < 4.78 is 41.2. The molecule has 0 spiro atoms. The summed E-state index contributed by atoms with van der Waals surface area (Å²) in [5.74, 6) is -1.33. The van der Waals surface area contributed by atoms with E-state index in [9.17, 15) is 18.0 Å². The molecule has 0 N–H and O–H groups in total. The summed E-state index contributed by atoms with van der Waals surface area (Å²) in [6.45, 7) is -1.78. The van der Waals surface area contributed by atoms with Gasteiger partial charge in [-0.25, -0.2) is 4.39 Å². The highest BCUT2D eigenvalue weighted by atomic mass is 19.3. The minimum Gasteiger partial charge on any atom is -0.434 e. The second-order valence-corrected chi connectivity index (χ2v) is 2.97. The smallest absolute Gasteiger partial charge is 0.387 e. The molecule has 0 unspecified atom stereocenters. The van der Waals surface area contributed by atoms with E-state index in [1.165, 1.54) is 19.1 Å². The Kier molecular flexibility index (Phi) is 3.71. The molecule has 0 amide bonds. The van der Waals surface area contributed by atoms with Gasteiger partial charge in [-0.3, -0.25) is 4.79 Å². The normalized spacial score (nSPS) is 10.5. The molecular formula is C10H9F3O2. The number of carbonyl (C=O) groups excluding carboxylic acids is 1. The van der Waals surface area contributed by atoms with Crippen LogP contribution >= 0.6 is 0 Å². The highest BCUT2D eigenvalue weighted by Gasteiger charge is 2.14. The number of ether oxygens (including phenoxy) is 1. The van der Waals surface area contributed by atoms with Crippen LogP contribution in [0.15, 0.2) is 18.2 Å². The molecule has 0 aliphatic rings. The number of hydrogen-bond acceptors (Lipinski definition) is 2. The molecule has 0 saturated heterocycles. The van der Waals surface area contributed by atoms with E-state index in [2.05, 4.69) is 4.74 Å². The lowest BCUT2D eigenvalue weighted by Crippen LogP contribution is -2.08. The van der Waals surface area contributed by atoms with Crippen molar-refractivity contribution in [2.75, 3.05) is 0 Å². The first kappa shape index (κ1) is 11.6. The number of carbonyl (C=O) groups is 1. The van der Waals surface area contributed by atoms with E-state index >= 15 is 0 Å². The van der Waals surface area contributed by atoms with Gasteiger partial charge in [0.25, 0.3) is 0 Å². The minimum atomic E-state index is -3.03. The first-order valence-electron chi connectivity index (χ1n) is 4.22. The first-order chi connectivity index (χ1) is 7.00. The molecule has 1 aromatic rings. The van der Waals surface area contributed by atoms with Gasteiger partial charge >= 0.3 is 6.61 Å².